The molecule has 8 heterocycles. The number of aromatic amines is 2. The number of carbonyl (C=O) groups is 4. The second-order valence-electron chi connectivity index (χ2n) is 20.2. The van der Waals surface area contributed by atoms with Crippen LogP contribution in [-0.2, 0) is 28.5 Å². The third kappa shape index (κ3) is 7.03. The molecule has 18 heteroatoms. The Kier molecular flexibility index (Phi) is 9.98. The zero-order valence-corrected chi connectivity index (χ0v) is 38.6. The molecule has 11 atom stereocenters. The quantitative estimate of drug-likeness (QED) is 0.123. The number of carbonyl (C=O) groups excluding carboxylic acids is 4. The molecule has 8 fully saturated rings. The standard InChI is InChI=1S/C51H54N10O8/c1-23-29-21-37(60(43(23)29)48(62)41(58-50(64)66-2)24-10-14-68-15-11-24)46-54-31-8-5-27(19-34(31)56-46)26-4-7-30-33(18-26)52-22-36(53-30)28-6-9-32-35(20-28)57-47(55-32)45-40-38-39(40)44(38)61(45)49(63)42(59-51(65)67-3)25-12-16-69-17-13-25/h4-9,18-20,22-25,29,37-45H,10-17,21H2,1-3H3,(H,54,56)(H,55,57)(H,58,64)(H,59,65)/t23-,29+,37+,38-,39?,40?,41+,42+,43-,44+,45+/m1/s1. The predicted octanol–water partition coefficient (Wildman–Crippen LogP) is 6.05. The van der Waals surface area contributed by atoms with Gasteiger partial charge < -0.3 is 49.3 Å². The summed E-state index contributed by atoms with van der Waals surface area (Å²) >= 11 is 0. The van der Waals surface area contributed by atoms with Crippen molar-refractivity contribution in [2.75, 3.05) is 40.6 Å². The summed E-state index contributed by atoms with van der Waals surface area (Å²) in [5.74, 6) is 3.42. The minimum atomic E-state index is -0.701. The lowest BCUT2D eigenvalue weighted by molar-refractivity contribution is -0.138. The number of aromatic nitrogens is 6. The number of imidazole rings is 2. The van der Waals surface area contributed by atoms with Gasteiger partial charge in [-0.3, -0.25) is 14.6 Å². The van der Waals surface area contributed by atoms with E-state index in [4.69, 9.17) is 38.9 Å². The summed E-state index contributed by atoms with van der Waals surface area (Å²) < 4.78 is 21.1. The summed E-state index contributed by atoms with van der Waals surface area (Å²) in [6.45, 7) is 4.42. The summed E-state index contributed by atoms with van der Waals surface area (Å²) in [6, 6.07) is 16.8. The van der Waals surface area contributed by atoms with Gasteiger partial charge >= 0.3 is 12.2 Å². The SMILES string of the molecule is COC(=O)N[C@H](C(=O)N1[C@H](c2nc3ccc(-c4cnc5cc(-c6ccc7nc([C@@H]8C[C@H]9[C@@H](C)[C@H]9N8C(=O)[C@@H](NC(=O)OC)C8CCOCC8)[nH]c7c6)ccc5n4)cc3[nH]2)C2C3[C@H]2[C@@H]31)C1CCOCC1. The van der Waals surface area contributed by atoms with E-state index in [2.05, 4.69) is 45.7 Å². The lowest BCUT2D eigenvalue weighted by Crippen LogP contribution is -2.54. The molecule has 3 saturated carbocycles. The fourth-order valence-corrected chi connectivity index (χ4v) is 12.8. The lowest BCUT2D eigenvalue weighted by Gasteiger charge is -2.35. The van der Waals surface area contributed by atoms with E-state index in [0.29, 0.717) is 81.7 Å². The van der Waals surface area contributed by atoms with Gasteiger partial charge in [0.1, 0.15) is 23.7 Å². The predicted molar refractivity (Wildman–Crippen MR) is 250 cm³/mol. The van der Waals surface area contributed by atoms with Crippen molar-refractivity contribution in [3.63, 3.8) is 0 Å². The first-order chi connectivity index (χ1) is 33.7. The fourth-order valence-electron chi connectivity index (χ4n) is 12.8. The van der Waals surface area contributed by atoms with E-state index in [1.807, 2.05) is 46.2 Å². The number of hydrogen-bond donors (Lipinski definition) is 4. The Bertz CT molecular complexity index is 3060. The van der Waals surface area contributed by atoms with Crippen molar-refractivity contribution in [2.24, 2.45) is 41.4 Å². The molecule has 3 aliphatic carbocycles. The molecule has 14 rings (SSSR count). The fraction of sp³-hybridized carbons (Fsp3) is 0.490. The number of rotatable bonds is 10. The normalized spacial score (nSPS) is 28.8. The summed E-state index contributed by atoms with van der Waals surface area (Å²) in [4.78, 5) is 84.9. The molecule has 5 saturated heterocycles. The van der Waals surface area contributed by atoms with E-state index < -0.39 is 24.3 Å². The third-order valence-electron chi connectivity index (χ3n) is 16.7. The molecule has 2 unspecified atom stereocenters. The number of hydrogen-bond acceptors (Lipinski definition) is 12. The van der Waals surface area contributed by atoms with E-state index in [9.17, 15) is 19.2 Å². The Hall–Kier alpha value is -6.66. The van der Waals surface area contributed by atoms with Gasteiger partial charge in [-0.25, -0.2) is 24.5 Å². The Labute approximate surface area is 396 Å². The number of nitrogens with zero attached hydrogens (tertiary/aromatic N) is 6. The van der Waals surface area contributed by atoms with Crippen molar-refractivity contribution in [3.05, 3.63) is 72.4 Å². The van der Waals surface area contributed by atoms with Crippen molar-refractivity contribution >= 4 is 57.1 Å². The van der Waals surface area contributed by atoms with Gasteiger partial charge in [0.2, 0.25) is 11.8 Å². The molecule has 18 nitrogen and oxygen atoms in total. The molecule has 5 aliphatic heterocycles. The van der Waals surface area contributed by atoms with Crippen molar-refractivity contribution in [3.8, 4) is 22.4 Å². The van der Waals surface area contributed by atoms with E-state index in [0.717, 1.165) is 73.6 Å². The van der Waals surface area contributed by atoms with Crippen LogP contribution in [0.1, 0.15) is 62.8 Å². The molecular formula is C51H54N10O8. The van der Waals surface area contributed by atoms with E-state index >= 15 is 0 Å². The minimum absolute atomic E-state index is 0.0297. The van der Waals surface area contributed by atoms with Gasteiger partial charge in [0.05, 0.1) is 71.3 Å². The van der Waals surface area contributed by atoms with Crippen LogP contribution in [0.3, 0.4) is 0 Å². The number of likely N-dealkylation sites (tertiary alicyclic amines) is 1. The van der Waals surface area contributed by atoms with Crippen molar-refractivity contribution < 1.29 is 38.1 Å². The Morgan fingerprint density at radius 2 is 1.20 bits per heavy atom. The molecule has 3 aromatic heterocycles. The number of benzene rings is 3. The van der Waals surface area contributed by atoms with Gasteiger partial charge in [-0.2, -0.15) is 0 Å². The van der Waals surface area contributed by atoms with Crippen molar-refractivity contribution in [1.82, 2.24) is 50.3 Å². The lowest BCUT2D eigenvalue weighted by atomic mass is 9.90. The Morgan fingerprint density at radius 3 is 1.84 bits per heavy atom. The smallest absolute Gasteiger partial charge is 0.407 e. The van der Waals surface area contributed by atoms with Crippen LogP contribution in [0.4, 0.5) is 9.59 Å². The molecule has 69 heavy (non-hydrogen) atoms. The van der Waals surface area contributed by atoms with Crippen LogP contribution < -0.4 is 10.6 Å². The van der Waals surface area contributed by atoms with Crippen molar-refractivity contribution in [1.29, 1.82) is 0 Å². The van der Waals surface area contributed by atoms with Gasteiger partial charge in [-0.1, -0.05) is 25.1 Å². The number of methoxy groups -OCH3 is 2. The number of alkyl carbamates (subject to hydrolysis) is 2. The van der Waals surface area contributed by atoms with Crippen molar-refractivity contribution in [2.45, 2.75) is 75.3 Å². The first-order valence-corrected chi connectivity index (χ1v) is 24.4. The topological polar surface area (TPSA) is 219 Å². The zero-order valence-electron chi connectivity index (χ0n) is 38.6. The number of H-pyrrole nitrogens is 2. The average molecular weight is 935 g/mol. The van der Waals surface area contributed by atoms with Crippen LogP contribution in [0.5, 0.6) is 0 Å². The first-order valence-electron chi connectivity index (χ1n) is 24.4. The molecule has 6 aromatic rings. The van der Waals surface area contributed by atoms with Crippen LogP contribution in [0.25, 0.3) is 55.5 Å². The van der Waals surface area contributed by atoms with Gasteiger partial charge in [-0.15, -0.1) is 0 Å². The van der Waals surface area contributed by atoms with Crippen LogP contribution in [0.2, 0.25) is 0 Å². The van der Waals surface area contributed by atoms with Crippen LogP contribution in [0, 0.1) is 41.4 Å². The van der Waals surface area contributed by atoms with Crippen LogP contribution in [-0.4, -0.2) is 129 Å². The largest absolute Gasteiger partial charge is 0.453 e. The molecule has 4 amide bonds. The zero-order chi connectivity index (χ0) is 46.8. The number of fused-ring (bicyclic) bond motifs is 5. The highest BCUT2D eigenvalue weighted by Gasteiger charge is 2.86. The van der Waals surface area contributed by atoms with Crippen LogP contribution in [0.15, 0.2) is 60.8 Å². The van der Waals surface area contributed by atoms with Crippen LogP contribution >= 0.6 is 0 Å². The summed E-state index contributed by atoms with van der Waals surface area (Å²) in [5, 5.41) is 5.75. The van der Waals surface area contributed by atoms with Gasteiger partial charge in [-0.05, 0) is 121 Å². The minimum Gasteiger partial charge on any atom is -0.453 e. The second-order valence-corrected chi connectivity index (χ2v) is 20.2. The monoisotopic (exact) mass is 934 g/mol. The highest BCUT2D eigenvalue weighted by Crippen LogP contribution is 2.81. The second kappa shape index (κ2) is 16.2. The molecule has 2 bridgehead atoms. The maximum absolute atomic E-state index is 14.5. The summed E-state index contributed by atoms with van der Waals surface area (Å²) in [5.41, 5.74) is 8.45. The molecule has 3 aromatic carbocycles. The molecule has 0 radical (unpaired) electrons. The van der Waals surface area contributed by atoms with E-state index in [-0.39, 0.29) is 47.8 Å². The Morgan fingerprint density at radius 1 is 0.652 bits per heavy atom. The molecule has 8 aliphatic rings. The highest BCUT2D eigenvalue weighted by atomic mass is 16.5. The number of amides is 4. The highest BCUT2D eigenvalue weighted by molar-refractivity contribution is 5.91. The molecule has 0 spiro atoms. The van der Waals surface area contributed by atoms with Gasteiger partial charge in [0, 0.05) is 44.1 Å². The molecular weight excluding hydrogens is 881 g/mol. The summed E-state index contributed by atoms with van der Waals surface area (Å²) in [6.07, 6.45) is 4.16. The molecule has 356 valence electrons. The van der Waals surface area contributed by atoms with Gasteiger partial charge in [0.25, 0.3) is 0 Å². The van der Waals surface area contributed by atoms with E-state index in [1.54, 1.807) is 6.20 Å². The maximum atomic E-state index is 14.5. The first kappa shape index (κ1) is 42.4. The summed E-state index contributed by atoms with van der Waals surface area (Å²) in [7, 11) is 2.64. The Balaban J connectivity index is 0.732. The third-order valence-corrected chi connectivity index (χ3v) is 16.7. The maximum Gasteiger partial charge on any atom is 0.407 e. The van der Waals surface area contributed by atoms with Gasteiger partial charge in [0.15, 0.2) is 0 Å². The number of nitrogens with one attached hydrogen (secondary N) is 4. The number of piperidine rings is 2. The average Bonchev–Trinajstić information content (AvgIpc) is 4.10. The van der Waals surface area contributed by atoms with E-state index in [1.165, 1.54) is 14.2 Å². The number of ether oxygens (including phenoxy) is 4. The molecule has 4 N–H and O–H groups in total.